The minimum atomic E-state index is -0.559. The molecule has 0 atom stereocenters. The molecule has 4 rings (SSSR count). The molecule has 0 aliphatic carbocycles. The van der Waals surface area contributed by atoms with Crippen LogP contribution in [0.2, 0.25) is 0 Å². The Hall–Kier alpha value is -4.03. The molecule has 1 fully saturated rings. The first-order chi connectivity index (χ1) is 16.0. The van der Waals surface area contributed by atoms with E-state index in [1.54, 1.807) is 42.5 Å². The van der Waals surface area contributed by atoms with Crippen molar-refractivity contribution in [3.8, 4) is 11.8 Å². The third-order valence-electron chi connectivity index (χ3n) is 5.03. The van der Waals surface area contributed by atoms with Crippen LogP contribution in [0.3, 0.4) is 0 Å². The zero-order valence-corrected chi connectivity index (χ0v) is 18.8. The van der Waals surface area contributed by atoms with Crippen LogP contribution in [0, 0.1) is 18.3 Å². The number of aryl methyl sites for hydroxylation is 1. The molecule has 0 radical (unpaired) electrons. The molecule has 33 heavy (non-hydrogen) atoms. The molecule has 1 aliphatic rings. The molecule has 2 heterocycles. The summed E-state index contributed by atoms with van der Waals surface area (Å²) in [6.45, 7) is 3.77. The van der Waals surface area contributed by atoms with Gasteiger partial charge in [0, 0.05) is 13.1 Å². The first-order valence-electron chi connectivity index (χ1n) is 10.4. The number of nitriles is 1. The fourth-order valence-electron chi connectivity index (χ4n) is 3.35. The molecule has 2 aromatic carbocycles. The third-order valence-corrected chi connectivity index (χ3v) is 5.93. The quantitative estimate of drug-likeness (QED) is 0.255. The summed E-state index contributed by atoms with van der Waals surface area (Å²) in [5, 5.41) is 21.3. The zero-order chi connectivity index (χ0) is 23.2. The van der Waals surface area contributed by atoms with Crippen LogP contribution in [0.1, 0.15) is 34.3 Å². The Morgan fingerprint density at radius 1 is 1.15 bits per heavy atom. The highest BCUT2D eigenvalue weighted by atomic mass is 32.1. The maximum absolute atomic E-state index is 12.5. The fourth-order valence-corrected chi connectivity index (χ4v) is 4.14. The van der Waals surface area contributed by atoms with E-state index < -0.39 is 11.9 Å². The molecule has 0 unspecified atom stereocenters. The van der Waals surface area contributed by atoms with Gasteiger partial charge in [-0.3, -0.25) is 10.1 Å². The lowest BCUT2D eigenvalue weighted by molar-refractivity contribution is -0.112. The second-order valence-corrected chi connectivity index (χ2v) is 8.49. The normalized spacial score (nSPS) is 13.5. The standard InChI is InChI=1S/C24H21N5O3S/c1-16-5-4-6-18(13-16)22(31)32-20-9-7-17(8-10-20)14-19(15-25)21(30)26-23-27-28-24(33-23)29-11-2-3-12-29/h4-10,13-14H,2-3,11-12H2,1H3,(H,26,27,30)/b19-14-. The van der Waals surface area contributed by atoms with Crippen molar-refractivity contribution >= 4 is 39.6 Å². The highest BCUT2D eigenvalue weighted by molar-refractivity contribution is 7.19. The van der Waals surface area contributed by atoms with Crippen molar-refractivity contribution in [1.82, 2.24) is 10.2 Å². The van der Waals surface area contributed by atoms with Gasteiger partial charge in [-0.2, -0.15) is 5.26 Å². The van der Waals surface area contributed by atoms with E-state index in [1.807, 2.05) is 19.1 Å². The molecule has 1 N–H and O–H groups in total. The number of esters is 1. The number of hydrogen-bond donors (Lipinski definition) is 1. The molecule has 8 nitrogen and oxygen atoms in total. The first kappa shape index (κ1) is 22.2. The molecule has 0 saturated carbocycles. The van der Waals surface area contributed by atoms with Crippen LogP contribution in [0.5, 0.6) is 5.75 Å². The van der Waals surface area contributed by atoms with Crippen LogP contribution >= 0.6 is 11.3 Å². The molecule has 1 aromatic heterocycles. The van der Waals surface area contributed by atoms with Crippen molar-refractivity contribution in [1.29, 1.82) is 5.26 Å². The van der Waals surface area contributed by atoms with E-state index in [1.165, 1.54) is 17.4 Å². The van der Waals surface area contributed by atoms with Crippen LogP contribution in [0.25, 0.3) is 6.08 Å². The number of amides is 1. The maximum atomic E-state index is 12.5. The van der Waals surface area contributed by atoms with Crippen LogP contribution in [-0.4, -0.2) is 35.2 Å². The number of anilines is 2. The van der Waals surface area contributed by atoms with Crippen molar-refractivity contribution in [3.05, 3.63) is 70.8 Å². The van der Waals surface area contributed by atoms with Gasteiger partial charge >= 0.3 is 5.97 Å². The smallest absolute Gasteiger partial charge is 0.343 e. The summed E-state index contributed by atoms with van der Waals surface area (Å²) >= 11 is 1.29. The molecule has 0 bridgehead atoms. The Morgan fingerprint density at radius 3 is 2.61 bits per heavy atom. The van der Waals surface area contributed by atoms with Gasteiger partial charge in [-0.1, -0.05) is 41.2 Å². The van der Waals surface area contributed by atoms with Crippen LogP contribution < -0.4 is 15.0 Å². The van der Waals surface area contributed by atoms with Crippen LogP contribution in [-0.2, 0) is 4.79 Å². The highest BCUT2D eigenvalue weighted by Crippen LogP contribution is 2.27. The van der Waals surface area contributed by atoms with Gasteiger partial charge < -0.3 is 9.64 Å². The Morgan fingerprint density at radius 2 is 1.91 bits per heavy atom. The predicted octanol–water partition coefficient (Wildman–Crippen LogP) is 4.21. The van der Waals surface area contributed by atoms with Crippen molar-refractivity contribution < 1.29 is 14.3 Å². The van der Waals surface area contributed by atoms with Gasteiger partial charge in [0.2, 0.25) is 10.3 Å². The largest absolute Gasteiger partial charge is 0.423 e. The van der Waals surface area contributed by atoms with E-state index in [9.17, 15) is 14.9 Å². The van der Waals surface area contributed by atoms with Crippen molar-refractivity contribution in [2.75, 3.05) is 23.3 Å². The molecule has 9 heteroatoms. The lowest BCUT2D eigenvalue weighted by Crippen LogP contribution is -2.17. The molecule has 3 aromatic rings. The van der Waals surface area contributed by atoms with Crippen molar-refractivity contribution in [2.45, 2.75) is 19.8 Å². The number of hydrogen-bond acceptors (Lipinski definition) is 8. The minimum absolute atomic E-state index is 0.0718. The molecular weight excluding hydrogens is 438 g/mol. The summed E-state index contributed by atoms with van der Waals surface area (Å²) in [5.74, 6) is -0.647. The molecule has 166 valence electrons. The number of carbonyl (C=O) groups is 2. The van der Waals surface area contributed by atoms with E-state index in [-0.39, 0.29) is 5.57 Å². The Bertz CT molecular complexity index is 1240. The van der Waals surface area contributed by atoms with Gasteiger partial charge in [-0.05, 0) is 55.7 Å². The summed E-state index contributed by atoms with van der Waals surface area (Å²) in [5.41, 5.74) is 1.98. The Balaban J connectivity index is 1.39. The van der Waals surface area contributed by atoms with Gasteiger partial charge in [-0.15, -0.1) is 10.2 Å². The lowest BCUT2D eigenvalue weighted by Gasteiger charge is -2.10. The van der Waals surface area contributed by atoms with Gasteiger partial charge in [0.05, 0.1) is 5.56 Å². The number of carbonyl (C=O) groups excluding carboxylic acids is 2. The number of ether oxygens (including phenoxy) is 1. The Kier molecular flexibility index (Phi) is 6.76. The Labute approximate surface area is 195 Å². The summed E-state index contributed by atoms with van der Waals surface area (Å²) in [6.07, 6.45) is 3.70. The zero-order valence-electron chi connectivity index (χ0n) is 17.9. The summed E-state index contributed by atoms with van der Waals surface area (Å²) < 4.78 is 5.39. The average molecular weight is 460 g/mol. The number of nitrogens with zero attached hydrogens (tertiary/aromatic N) is 4. The second-order valence-electron chi connectivity index (χ2n) is 7.54. The van der Waals surface area contributed by atoms with Gasteiger partial charge in [0.25, 0.3) is 5.91 Å². The predicted molar refractivity (Wildman–Crippen MR) is 126 cm³/mol. The molecule has 1 aliphatic heterocycles. The monoisotopic (exact) mass is 459 g/mol. The maximum Gasteiger partial charge on any atom is 0.343 e. The van der Waals surface area contributed by atoms with E-state index in [4.69, 9.17) is 4.74 Å². The lowest BCUT2D eigenvalue weighted by atomic mass is 10.1. The SMILES string of the molecule is Cc1cccc(C(=O)Oc2ccc(/C=C(/C#N)C(=O)Nc3nnc(N4CCCC4)s3)cc2)c1. The number of rotatable bonds is 6. The van der Waals surface area contributed by atoms with Crippen molar-refractivity contribution in [3.63, 3.8) is 0 Å². The van der Waals surface area contributed by atoms with Crippen LogP contribution in [0.4, 0.5) is 10.3 Å². The van der Waals surface area contributed by atoms with Gasteiger partial charge in [0.1, 0.15) is 17.4 Å². The number of aromatic nitrogens is 2. The third kappa shape index (κ3) is 5.61. The average Bonchev–Trinajstić information content (AvgIpc) is 3.50. The van der Waals surface area contributed by atoms with E-state index in [0.29, 0.717) is 22.0 Å². The minimum Gasteiger partial charge on any atom is -0.423 e. The summed E-state index contributed by atoms with van der Waals surface area (Å²) in [6, 6.07) is 15.6. The van der Waals surface area contributed by atoms with Gasteiger partial charge in [-0.25, -0.2) is 4.79 Å². The molecular formula is C24H21N5O3S. The summed E-state index contributed by atoms with van der Waals surface area (Å²) in [4.78, 5) is 26.9. The van der Waals surface area contributed by atoms with Crippen molar-refractivity contribution in [2.24, 2.45) is 0 Å². The summed E-state index contributed by atoms with van der Waals surface area (Å²) in [7, 11) is 0. The highest BCUT2D eigenvalue weighted by Gasteiger charge is 2.18. The molecule has 0 spiro atoms. The second kappa shape index (κ2) is 10.1. The van der Waals surface area contributed by atoms with E-state index in [0.717, 1.165) is 36.6 Å². The van der Waals surface area contributed by atoms with E-state index in [2.05, 4.69) is 20.4 Å². The first-order valence-corrected chi connectivity index (χ1v) is 11.2. The number of nitrogens with one attached hydrogen (secondary N) is 1. The van der Waals surface area contributed by atoms with Gasteiger partial charge in [0.15, 0.2) is 0 Å². The molecule has 1 amide bonds. The molecule has 1 saturated heterocycles. The number of benzene rings is 2. The van der Waals surface area contributed by atoms with Crippen LogP contribution in [0.15, 0.2) is 54.1 Å². The topological polar surface area (TPSA) is 108 Å². The fraction of sp³-hybridized carbons (Fsp3) is 0.208. The van der Waals surface area contributed by atoms with E-state index >= 15 is 0 Å².